The number of pyridine rings is 1. The Kier molecular flexibility index (Phi) is 3.70. The van der Waals surface area contributed by atoms with E-state index >= 15 is 0 Å². The highest BCUT2D eigenvalue weighted by molar-refractivity contribution is 7.15. The van der Waals surface area contributed by atoms with Gasteiger partial charge in [0.15, 0.2) is 0 Å². The molecule has 1 saturated carbocycles. The lowest BCUT2D eigenvalue weighted by molar-refractivity contribution is 0.921. The SMILES string of the molecule is Cc1cc(CNc2nnc(C3CC3)s2)cc(N2CCCC2)n1. The van der Waals surface area contributed by atoms with Gasteiger partial charge in [0.1, 0.15) is 10.8 Å². The van der Waals surface area contributed by atoms with Gasteiger partial charge < -0.3 is 10.2 Å². The fourth-order valence-corrected chi connectivity index (χ4v) is 3.82. The van der Waals surface area contributed by atoms with E-state index in [-0.39, 0.29) is 0 Å². The van der Waals surface area contributed by atoms with E-state index in [0.29, 0.717) is 5.92 Å². The van der Waals surface area contributed by atoms with Gasteiger partial charge in [0.2, 0.25) is 5.13 Å². The Morgan fingerprint density at radius 3 is 2.82 bits per heavy atom. The van der Waals surface area contributed by atoms with Crippen molar-refractivity contribution in [2.24, 2.45) is 0 Å². The van der Waals surface area contributed by atoms with Gasteiger partial charge in [-0.25, -0.2) is 4.98 Å². The van der Waals surface area contributed by atoms with E-state index in [1.165, 1.54) is 36.3 Å². The topological polar surface area (TPSA) is 53.9 Å². The molecule has 1 N–H and O–H groups in total. The summed E-state index contributed by atoms with van der Waals surface area (Å²) in [7, 11) is 0. The zero-order valence-corrected chi connectivity index (χ0v) is 13.7. The Morgan fingerprint density at radius 1 is 1.23 bits per heavy atom. The summed E-state index contributed by atoms with van der Waals surface area (Å²) in [4.78, 5) is 7.06. The highest BCUT2D eigenvalue weighted by atomic mass is 32.1. The van der Waals surface area contributed by atoms with Gasteiger partial charge >= 0.3 is 0 Å². The van der Waals surface area contributed by atoms with Crippen LogP contribution in [0.3, 0.4) is 0 Å². The summed E-state index contributed by atoms with van der Waals surface area (Å²) in [6.45, 7) is 5.11. The molecule has 4 rings (SSSR count). The Bertz CT molecular complexity index is 658. The molecule has 0 atom stereocenters. The first kappa shape index (κ1) is 13.9. The molecule has 3 heterocycles. The Balaban J connectivity index is 1.44. The number of aromatic nitrogens is 3. The van der Waals surface area contributed by atoms with Gasteiger partial charge in [0.25, 0.3) is 0 Å². The fraction of sp³-hybridized carbons (Fsp3) is 0.562. The number of aryl methyl sites for hydroxylation is 1. The average Bonchev–Trinajstić information content (AvgIpc) is 3.04. The van der Waals surface area contributed by atoms with Crippen molar-refractivity contribution in [2.45, 2.75) is 45.1 Å². The molecule has 5 nitrogen and oxygen atoms in total. The quantitative estimate of drug-likeness (QED) is 0.917. The van der Waals surface area contributed by atoms with Gasteiger partial charge in [-0.3, -0.25) is 0 Å². The van der Waals surface area contributed by atoms with E-state index in [2.05, 4.69) is 44.5 Å². The molecule has 1 saturated heterocycles. The third-order valence-electron chi connectivity index (χ3n) is 4.24. The predicted octanol–water partition coefficient (Wildman–Crippen LogP) is 3.33. The van der Waals surface area contributed by atoms with Crippen molar-refractivity contribution in [3.05, 3.63) is 28.4 Å². The molecule has 6 heteroatoms. The Morgan fingerprint density at radius 2 is 2.05 bits per heavy atom. The van der Waals surface area contributed by atoms with Crippen LogP contribution >= 0.6 is 11.3 Å². The molecule has 2 aromatic heterocycles. The summed E-state index contributed by atoms with van der Waals surface area (Å²) in [5.41, 5.74) is 2.34. The van der Waals surface area contributed by atoms with Crippen LogP contribution in [0.2, 0.25) is 0 Å². The van der Waals surface area contributed by atoms with E-state index in [1.54, 1.807) is 11.3 Å². The summed E-state index contributed by atoms with van der Waals surface area (Å²) >= 11 is 1.70. The van der Waals surface area contributed by atoms with E-state index in [0.717, 1.165) is 36.3 Å². The maximum atomic E-state index is 4.68. The van der Waals surface area contributed by atoms with Crippen molar-refractivity contribution in [1.29, 1.82) is 0 Å². The molecule has 0 spiro atoms. The van der Waals surface area contributed by atoms with Crippen LogP contribution in [0.1, 0.15) is 47.9 Å². The van der Waals surface area contributed by atoms with E-state index in [4.69, 9.17) is 0 Å². The third kappa shape index (κ3) is 3.06. The lowest BCUT2D eigenvalue weighted by atomic mass is 10.2. The summed E-state index contributed by atoms with van der Waals surface area (Å²) in [5.74, 6) is 1.79. The van der Waals surface area contributed by atoms with E-state index in [1.807, 2.05) is 0 Å². The van der Waals surface area contributed by atoms with Crippen LogP contribution in [0.15, 0.2) is 12.1 Å². The number of anilines is 2. The number of hydrogen-bond acceptors (Lipinski definition) is 6. The van der Waals surface area contributed by atoms with Crippen molar-refractivity contribution in [3.8, 4) is 0 Å². The first-order chi connectivity index (χ1) is 10.8. The highest BCUT2D eigenvalue weighted by Crippen LogP contribution is 2.42. The maximum absolute atomic E-state index is 4.68. The Labute approximate surface area is 134 Å². The van der Waals surface area contributed by atoms with E-state index in [9.17, 15) is 0 Å². The van der Waals surface area contributed by atoms with Crippen LogP contribution in [0.25, 0.3) is 0 Å². The first-order valence-corrected chi connectivity index (χ1v) is 8.89. The maximum Gasteiger partial charge on any atom is 0.205 e. The van der Waals surface area contributed by atoms with Crippen molar-refractivity contribution < 1.29 is 0 Å². The highest BCUT2D eigenvalue weighted by Gasteiger charge is 2.27. The molecule has 0 radical (unpaired) electrons. The molecule has 2 aliphatic rings. The number of nitrogens with one attached hydrogen (secondary N) is 1. The smallest absolute Gasteiger partial charge is 0.205 e. The summed E-state index contributed by atoms with van der Waals surface area (Å²) in [6.07, 6.45) is 5.10. The molecule has 2 fully saturated rings. The monoisotopic (exact) mass is 315 g/mol. The summed E-state index contributed by atoms with van der Waals surface area (Å²) in [5, 5.41) is 14.0. The summed E-state index contributed by atoms with van der Waals surface area (Å²) < 4.78 is 0. The molecule has 1 aliphatic heterocycles. The number of rotatable bonds is 5. The van der Waals surface area contributed by atoms with Gasteiger partial charge in [0, 0.05) is 31.2 Å². The molecular formula is C16H21N5S. The standard InChI is InChI=1S/C16H21N5S/c1-11-8-12(9-14(18-11)21-6-2-3-7-21)10-17-16-20-19-15(22-16)13-4-5-13/h8-9,13H,2-7,10H2,1H3,(H,17,20). The van der Waals surface area contributed by atoms with Crippen molar-refractivity contribution in [3.63, 3.8) is 0 Å². The van der Waals surface area contributed by atoms with Gasteiger partial charge in [-0.2, -0.15) is 0 Å². The number of nitrogens with zero attached hydrogens (tertiary/aromatic N) is 4. The van der Waals surface area contributed by atoms with Crippen LogP contribution in [-0.4, -0.2) is 28.3 Å². The first-order valence-electron chi connectivity index (χ1n) is 8.08. The van der Waals surface area contributed by atoms with Crippen molar-refractivity contribution in [1.82, 2.24) is 15.2 Å². The molecule has 0 bridgehead atoms. The second-order valence-corrected chi connectivity index (χ2v) is 7.25. The lowest BCUT2D eigenvalue weighted by Crippen LogP contribution is -2.19. The van der Waals surface area contributed by atoms with Crippen LogP contribution in [-0.2, 0) is 6.54 Å². The molecule has 2 aromatic rings. The Hall–Kier alpha value is -1.69. The van der Waals surface area contributed by atoms with Gasteiger partial charge in [-0.05, 0) is 50.3 Å². The average molecular weight is 315 g/mol. The number of hydrogen-bond donors (Lipinski definition) is 1. The molecule has 0 unspecified atom stereocenters. The van der Waals surface area contributed by atoms with Crippen molar-refractivity contribution in [2.75, 3.05) is 23.3 Å². The molecule has 1 aliphatic carbocycles. The minimum absolute atomic E-state index is 0.679. The minimum atomic E-state index is 0.679. The zero-order chi connectivity index (χ0) is 14.9. The molecular weight excluding hydrogens is 294 g/mol. The predicted molar refractivity (Wildman–Crippen MR) is 89.6 cm³/mol. The molecule has 0 aromatic carbocycles. The summed E-state index contributed by atoms with van der Waals surface area (Å²) in [6, 6.07) is 4.35. The van der Waals surface area contributed by atoms with Crippen LogP contribution in [0.5, 0.6) is 0 Å². The van der Waals surface area contributed by atoms with Gasteiger partial charge in [0.05, 0.1) is 0 Å². The normalized spacial score (nSPS) is 18.0. The second kappa shape index (κ2) is 5.83. The second-order valence-electron chi connectivity index (χ2n) is 6.24. The van der Waals surface area contributed by atoms with Crippen molar-refractivity contribution >= 4 is 22.3 Å². The van der Waals surface area contributed by atoms with Gasteiger partial charge in [-0.1, -0.05) is 11.3 Å². The van der Waals surface area contributed by atoms with Crippen LogP contribution in [0.4, 0.5) is 10.9 Å². The molecule has 116 valence electrons. The zero-order valence-electron chi connectivity index (χ0n) is 12.9. The van der Waals surface area contributed by atoms with Gasteiger partial charge in [-0.15, -0.1) is 10.2 Å². The van der Waals surface area contributed by atoms with Crippen LogP contribution in [0, 0.1) is 6.92 Å². The molecule has 22 heavy (non-hydrogen) atoms. The lowest BCUT2D eigenvalue weighted by Gasteiger charge is -2.18. The van der Waals surface area contributed by atoms with Crippen LogP contribution < -0.4 is 10.2 Å². The minimum Gasteiger partial charge on any atom is -0.357 e. The fourth-order valence-electron chi connectivity index (χ4n) is 2.91. The largest absolute Gasteiger partial charge is 0.357 e. The molecule has 0 amide bonds. The third-order valence-corrected chi connectivity index (χ3v) is 5.28. The van der Waals surface area contributed by atoms with E-state index < -0.39 is 0 Å².